The van der Waals surface area contributed by atoms with Gasteiger partial charge in [-0.25, -0.2) is 4.79 Å². The number of alkyl halides is 3. The normalized spacial score (nSPS) is 23.5. The summed E-state index contributed by atoms with van der Waals surface area (Å²) in [6, 6.07) is 0. The zero-order valence-corrected chi connectivity index (χ0v) is 17.1. The average Bonchev–Trinajstić information content (AvgIpc) is 2.93. The summed E-state index contributed by atoms with van der Waals surface area (Å²) in [4.78, 5) is 13.9. The molecule has 1 fully saturated rings. The van der Waals surface area contributed by atoms with Crippen LogP contribution in [-0.2, 0) is 30.4 Å². The molecule has 2 aliphatic rings. The fraction of sp³-hybridized carbons (Fsp3) is 0.800. The molecule has 0 aromatic carbocycles. The lowest BCUT2D eigenvalue weighted by Gasteiger charge is -2.31. The molecule has 2 heterocycles. The fourth-order valence-electron chi connectivity index (χ4n) is 4.10. The van der Waals surface area contributed by atoms with Crippen LogP contribution in [0.5, 0.6) is 0 Å². The van der Waals surface area contributed by atoms with Crippen LogP contribution in [0.3, 0.4) is 0 Å². The van der Waals surface area contributed by atoms with E-state index in [9.17, 15) is 18.0 Å². The summed E-state index contributed by atoms with van der Waals surface area (Å²) < 4.78 is 47.5. The van der Waals surface area contributed by atoms with E-state index in [1.165, 1.54) is 9.58 Å². The predicted molar refractivity (Wildman–Crippen MR) is 98.7 cm³/mol. The maximum absolute atomic E-state index is 13.5. The Morgan fingerprint density at radius 3 is 2.39 bits per heavy atom. The first kappa shape index (κ1) is 21.0. The number of halogens is 3. The van der Waals surface area contributed by atoms with E-state index >= 15 is 0 Å². The summed E-state index contributed by atoms with van der Waals surface area (Å²) in [7, 11) is 0. The summed E-state index contributed by atoms with van der Waals surface area (Å²) in [6.07, 6.45) is -0.615. The zero-order valence-electron chi connectivity index (χ0n) is 17.1. The lowest BCUT2D eigenvalue weighted by atomic mass is 9.83. The van der Waals surface area contributed by atoms with Crippen molar-refractivity contribution in [2.75, 3.05) is 6.54 Å². The molecule has 1 aliphatic carbocycles. The first-order valence-electron chi connectivity index (χ1n) is 10.1. The summed E-state index contributed by atoms with van der Waals surface area (Å²) in [5.74, 6) is 1.01. The van der Waals surface area contributed by atoms with Gasteiger partial charge < -0.3 is 9.64 Å². The highest BCUT2D eigenvalue weighted by Crippen LogP contribution is 2.37. The van der Waals surface area contributed by atoms with Crippen LogP contribution < -0.4 is 0 Å². The number of carbonyl (C=O) groups is 1. The second-order valence-corrected chi connectivity index (χ2v) is 9.23. The average molecular weight is 401 g/mol. The molecular formula is C20H30F3N3O2. The van der Waals surface area contributed by atoms with Crippen molar-refractivity contribution in [1.82, 2.24) is 14.7 Å². The summed E-state index contributed by atoms with van der Waals surface area (Å²) in [5.41, 5.74) is -0.705. The number of nitrogens with zero attached hydrogens (tertiary/aromatic N) is 3. The van der Waals surface area contributed by atoms with Gasteiger partial charge in [0.2, 0.25) is 0 Å². The molecule has 1 aromatic rings. The minimum absolute atomic E-state index is 0.108. The van der Waals surface area contributed by atoms with Crippen molar-refractivity contribution in [3.63, 3.8) is 0 Å². The number of hydrogen-bond acceptors (Lipinski definition) is 3. The van der Waals surface area contributed by atoms with Gasteiger partial charge in [-0.3, -0.25) is 4.68 Å². The van der Waals surface area contributed by atoms with Crippen molar-refractivity contribution in [2.45, 2.75) is 84.7 Å². The number of fused-ring (bicyclic) bond motifs is 1. The highest BCUT2D eigenvalue weighted by Gasteiger charge is 2.41. The number of ether oxygens (including phenoxy) is 1. The Bertz CT molecular complexity index is 714. The molecule has 3 rings (SSSR count). The van der Waals surface area contributed by atoms with Gasteiger partial charge in [0.05, 0.1) is 12.2 Å². The number of carbonyl (C=O) groups excluding carboxylic acids is 1. The van der Waals surface area contributed by atoms with Crippen LogP contribution in [0.15, 0.2) is 0 Å². The second-order valence-electron chi connectivity index (χ2n) is 9.23. The zero-order chi connectivity index (χ0) is 20.7. The van der Waals surface area contributed by atoms with Gasteiger partial charge in [0.15, 0.2) is 5.69 Å². The van der Waals surface area contributed by atoms with Gasteiger partial charge in [0, 0.05) is 18.7 Å². The van der Waals surface area contributed by atoms with E-state index in [4.69, 9.17) is 4.74 Å². The molecular weight excluding hydrogens is 371 g/mol. The molecule has 1 amide bonds. The highest BCUT2D eigenvalue weighted by molar-refractivity contribution is 5.68. The fourth-order valence-corrected chi connectivity index (χ4v) is 4.10. The van der Waals surface area contributed by atoms with Gasteiger partial charge in [0.25, 0.3) is 0 Å². The largest absolute Gasteiger partial charge is 0.444 e. The van der Waals surface area contributed by atoms with Crippen LogP contribution in [-0.4, -0.2) is 32.9 Å². The summed E-state index contributed by atoms with van der Waals surface area (Å²) in [5, 5.41) is 3.96. The van der Waals surface area contributed by atoms with Crippen molar-refractivity contribution in [1.29, 1.82) is 0 Å². The van der Waals surface area contributed by atoms with Gasteiger partial charge in [0.1, 0.15) is 5.60 Å². The Morgan fingerprint density at radius 1 is 1.18 bits per heavy atom. The van der Waals surface area contributed by atoms with Crippen molar-refractivity contribution >= 4 is 6.09 Å². The van der Waals surface area contributed by atoms with Gasteiger partial charge in [-0.2, -0.15) is 18.3 Å². The maximum Gasteiger partial charge on any atom is 0.435 e. The molecule has 1 aromatic heterocycles. The monoisotopic (exact) mass is 401 g/mol. The number of hydrogen-bond donors (Lipinski definition) is 0. The molecule has 28 heavy (non-hydrogen) atoms. The smallest absolute Gasteiger partial charge is 0.435 e. The van der Waals surface area contributed by atoms with Crippen LogP contribution in [0.1, 0.15) is 70.3 Å². The summed E-state index contributed by atoms with van der Waals surface area (Å²) >= 11 is 0. The van der Waals surface area contributed by atoms with Crippen LogP contribution in [0.25, 0.3) is 0 Å². The standard InChI is InChI=1S/C20H30F3N3O2/c1-13-5-7-14(8-6-13)11-26-16-12-25(18(27)28-19(2,3)4)10-9-15(16)17(24-26)20(21,22)23/h13-14H,5-12H2,1-4H3. The van der Waals surface area contributed by atoms with E-state index in [1.54, 1.807) is 20.8 Å². The van der Waals surface area contributed by atoms with E-state index in [1.807, 2.05) is 0 Å². The first-order chi connectivity index (χ1) is 12.9. The maximum atomic E-state index is 13.5. The van der Waals surface area contributed by atoms with Crippen molar-refractivity contribution < 1.29 is 22.7 Å². The minimum atomic E-state index is -4.48. The lowest BCUT2D eigenvalue weighted by molar-refractivity contribution is -0.142. The van der Waals surface area contributed by atoms with Crippen molar-refractivity contribution in [3.05, 3.63) is 17.0 Å². The Kier molecular flexibility index (Phi) is 5.69. The third-order valence-corrected chi connectivity index (χ3v) is 5.63. The van der Waals surface area contributed by atoms with E-state index < -0.39 is 23.6 Å². The molecule has 0 spiro atoms. The third kappa shape index (κ3) is 4.81. The molecule has 0 radical (unpaired) electrons. The van der Waals surface area contributed by atoms with Crippen LogP contribution in [0.4, 0.5) is 18.0 Å². The molecule has 8 heteroatoms. The Hall–Kier alpha value is -1.73. The molecule has 0 atom stereocenters. The van der Waals surface area contributed by atoms with Crippen LogP contribution in [0.2, 0.25) is 0 Å². The molecule has 0 saturated heterocycles. The molecule has 158 valence electrons. The van der Waals surface area contributed by atoms with Gasteiger partial charge >= 0.3 is 12.3 Å². The summed E-state index contributed by atoms with van der Waals surface area (Å²) in [6.45, 7) is 8.33. The predicted octanol–water partition coefficient (Wildman–Crippen LogP) is 5.02. The quantitative estimate of drug-likeness (QED) is 0.699. The molecule has 0 bridgehead atoms. The lowest BCUT2D eigenvalue weighted by Crippen LogP contribution is -2.40. The first-order valence-corrected chi connectivity index (χ1v) is 10.1. The molecule has 5 nitrogen and oxygen atoms in total. The van der Waals surface area contributed by atoms with Gasteiger partial charge in [-0.1, -0.05) is 19.8 Å². The Labute approximate surface area is 164 Å². The second kappa shape index (κ2) is 7.59. The number of amides is 1. The molecule has 1 saturated carbocycles. The van der Waals surface area contributed by atoms with Crippen LogP contribution >= 0.6 is 0 Å². The van der Waals surface area contributed by atoms with E-state index in [2.05, 4.69) is 12.0 Å². The van der Waals surface area contributed by atoms with E-state index in [-0.39, 0.29) is 25.1 Å². The highest BCUT2D eigenvalue weighted by atomic mass is 19.4. The number of aromatic nitrogens is 2. The molecule has 1 aliphatic heterocycles. The third-order valence-electron chi connectivity index (χ3n) is 5.63. The SMILES string of the molecule is CC1CCC(Cn2nc(C(F)(F)F)c3c2CN(C(=O)OC(C)(C)C)CC3)CC1. The Morgan fingerprint density at radius 2 is 1.82 bits per heavy atom. The topological polar surface area (TPSA) is 47.4 Å². The Balaban J connectivity index is 1.83. The van der Waals surface area contributed by atoms with E-state index in [0.717, 1.165) is 25.7 Å². The molecule has 0 N–H and O–H groups in total. The number of rotatable bonds is 2. The van der Waals surface area contributed by atoms with Crippen LogP contribution in [0, 0.1) is 11.8 Å². The molecule has 0 unspecified atom stereocenters. The minimum Gasteiger partial charge on any atom is -0.444 e. The van der Waals surface area contributed by atoms with Crippen molar-refractivity contribution in [2.24, 2.45) is 11.8 Å². The van der Waals surface area contributed by atoms with Crippen molar-refractivity contribution in [3.8, 4) is 0 Å². The van der Waals surface area contributed by atoms with Gasteiger partial charge in [-0.05, 0) is 51.9 Å². The van der Waals surface area contributed by atoms with Gasteiger partial charge in [-0.15, -0.1) is 0 Å². The van der Waals surface area contributed by atoms with E-state index in [0.29, 0.717) is 24.1 Å².